The van der Waals surface area contributed by atoms with E-state index in [2.05, 4.69) is 10.6 Å². The zero-order valence-electron chi connectivity index (χ0n) is 20.0. The standard InChI is InChI=1S/C28H30FN3O3/c1-18(2)20-13-14-21(25(26(20)29)19-9-4-3-5-10-19)27(31-28(35)22-11-8-15-30-22)23(33)17-32-16-7-6-12-24(32)34/h3-7,9-10,12-14,16,18,22,27,30H,8,11,15,17H2,1-2H3,(H,31,35). The van der Waals surface area contributed by atoms with Crippen LogP contribution in [0, 0.1) is 5.82 Å². The number of aromatic nitrogens is 1. The second kappa shape index (κ2) is 10.8. The van der Waals surface area contributed by atoms with Gasteiger partial charge in [-0.05, 0) is 48.1 Å². The largest absolute Gasteiger partial charge is 0.341 e. The number of carbonyl (C=O) groups is 2. The minimum Gasteiger partial charge on any atom is -0.341 e. The molecule has 0 aliphatic carbocycles. The number of rotatable bonds is 8. The predicted molar refractivity (Wildman–Crippen MR) is 134 cm³/mol. The maximum absolute atomic E-state index is 15.9. The lowest BCUT2D eigenvalue weighted by Crippen LogP contribution is -2.45. The molecule has 0 saturated carbocycles. The summed E-state index contributed by atoms with van der Waals surface area (Å²) in [5.41, 5.74) is 1.48. The molecule has 4 rings (SSSR count). The molecule has 2 atom stereocenters. The first-order chi connectivity index (χ1) is 16.9. The average Bonchev–Trinajstić information content (AvgIpc) is 3.39. The van der Waals surface area contributed by atoms with Gasteiger partial charge in [-0.15, -0.1) is 0 Å². The van der Waals surface area contributed by atoms with Crippen molar-refractivity contribution in [2.75, 3.05) is 6.54 Å². The molecule has 1 saturated heterocycles. The van der Waals surface area contributed by atoms with Crippen molar-refractivity contribution in [3.63, 3.8) is 0 Å². The van der Waals surface area contributed by atoms with E-state index in [1.807, 2.05) is 32.0 Å². The van der Waals surface area contributed by atoms with Crippen molar-refractivity contribution in [1.82, 2.24) is 15.2 Å². The number of hydrogen-bond acceptors (Lipinski definition) is 4. The van der Waals surface area contributed by atoms with Crippen molar-refractivity contribution in [2.24, 2.45) is 0 Å². The van der Waals surface area contributed by atoms with E-state index in [0.29, 0.717) is 23.1 Å². The van der Waals surface area contributed by atoms with Crippen LogP contribution in [0.25, 0.3) is 11.1 Å². The zero-order valence-corrected chi connectivity index (χ0v) is 20.0. The van der Waals surface area contributed by atoms with Crippen LogP contribution in [0.5, 0.6) is 0 Å². The molecule has 2 aromatic carbocycles. The van der Waals surface area contributed by atoms with E-state index in [1.165, 1.54) is 16.8 Å². The van der Waals surface area contributed by atoms with Gasteiger partial charge < -0.3 is 15.2 Å². The molecule has 6 nitrogen and oxygen atoms in total. The summed E-state index contributed by atoms with van der Waals surface area (Å²) in [6.07, 6.45) is 3.05. The number of nitrogens with zero attached hydrogens (tertiary/aromatic N) is 1. The highest BCUT2D eigenvalue weighted by molar-refractivity contribution is 5.93. The molecule has 182 valence electrons. The van der Waals surface area contributed by atoms with Gasteiger partial charge in [0.25, 0.3) is 5.56 Å². The van der Waals surface area contributed by atoms with Crippen molar-refractivity contribution in [3.05, 3.63) is 94.2 Å². The second-order valence-electron chi connectivity index (χ2n) is 9.18. The van der Waals surface area contributed by atoms with Gasteiger partial charge in [0.05, 0.1) is 12.6 Å². The number of nitrogens with one attached hydrogen (secondary N) is 2. The summed E-state index contributed by atoms with van der Waals surface area (Å²) in [6.45, 7) is 4.29. The predicted octanol–water partition coefficient (Wildman–Crippen LogP) is 3.96. The Balaban J connectivity index is 1.82. The number of carbonyl (C=O) groups excluding carboxylic acids is 2. The normalized spacial score (nSPS) is 16.3. The van der Waals surface area contributed by atoms with Crippen LogP contribution in [0.15, 0.2) is 71.7 Å². The highest BCUT2D eigenvalue weighted by atomic mass is 19.1. The first-order valence-corrected chi connectivity index (χ1v) is 12.0. The van der Waals surface area contributed by atoms with Crippen LogP contribution >= 0.6 is 0 Å². The summed E-state index contributed by atoms with van der Waals surface area (Å²) >= 11 is 0. The van der Waals surface area contributed by atoms with E-state index >= 15 is 4.39 Å². The van der Waals surface area contributed by atoms with E-state index in [9.17, 15) is 14.4 Å². The first kappa shape index (κ1) is 24.5. The van der Waals surface area contributed by atoms with Crippen LogP contribution in [-0.4, -0.2) is 28.8 Å². The monoisotopic (exact) mass is 475 g/mol. The molecule has 2 heterocycles. The van der Waals surface area contributed by atoms with E-state index in [1.54, 1.807) is 36.4 Å². The van der Waals surface area contributed by atoms with Crippen molar-refractivity contribution < 1.29 is 14.0 Å². The molecule has 2 unspecified atom stereocenters. The van der Waals surface area contributed by atoms with Crippen LogP contribution in [-0.2, 0) is 16.1 Å². The molecule has 3 aromatic rings. The molecule has 7 heteroatoms. The molecular weight excluding hydrogens is 445 g/mol. The number of Topliss-reactive ketones (excluding diaryl/α,β-unsaturated/α-hetero) is 1. The lowest BCUT2D eigenvalue weighted by molar-refractivity contribution is -0.129. The topological polar surface area (TPSA) is 80.2 Å². The second-order valence-corrected chi connectivity index (χ2v) is 9.18. The average molecular weight is 476 g/mol. The van der Waals surface area contributed by atoms with Gasteiger partial charge in [-0.3, -0.25) is 14.4 Å². The van der Waals surface area contributed by atoms with Crippen LogP contribution in [0.2, 0.25) is 0 Å². The number of ketones is 1. The summed E-state index contributed by atoms with van der Waals surface area (Å²) in [6, 6.07) is 15.5. The van der Waals surface area contributed by atoms with Gasteiger partial charge in [0, 0.05) is 17.8 Å². The molecule has 0 spiro atoms. The lowest BCUT2D eigenvalue weighted by atomic mass is 9.88. The number of benzene rings is 2. The number of pyridine rings is 1. The minimum atomic E-state index is -1.12. The highest BCUT2D eigenvalue weighted by Crippen LogP contribution is 2.35. The van der Waals surface area contributed by atoms with E-state index in [4.69, 9.17) is 0 Å². The number of halogens is 1. The minimum absolute atomic E-state index is 0.0687. The third-order valence-corrected chi connectivity index (χ3v) is 6.41. The number of amides is 1. The van der Waals surface area contributed by atoms with Crippen molar-refractivity contribution in [2.45, 2.75) is 51.2 Å². The Morgan fingerprint density at radius 3 is 2.43 bits per heavy atom. The van der Waals surface area contributed by atoms with Gasteiger partial charge in [-0.25, -0.2) is 4.39 Å². The first-order valence-electron chi connectivity index (χ1n) is 12.0. The molecule has 1 aromatic heterocycles. The van der Waals surface area contributed by atoms with Crippen molar-refractivity contribution in [3.8, 4) is 11.1 Å². The maximum Gasteiger partial charge on any atom is 0.250 e. The van der Waals surface area contributed by atoms with Crippen molar-refractivity contribution in [1.29, 1.82) is 0 Å². The molecular formula is C28H30FN3O3. The third kappa shape index (κ3) is 5.41. The molecule has 1 aliphatic heterocycles. The maximum atomic E-state index is 15.9. The Bertz CT molecular complexity index is 1260. The molecule has 1 aliphatic rings. The van der Waals surface area contributed by atoms with Crippen LogP contribution in [0.3, 0.4) is 0 Å². The number of hydrogen-bond donors (Lipinski definition) is 2. The Hall–Kier alpha value is -3.58. The fourth-order valence-electron chi connectivity index (χ4n) is 4.53. The van der Waals surface area contributed by atoms with Gasteiger partial charge in [0.2, 0.25) is 5.91 Å². The van der Waals surface area contributed by atoms with Gasteiger partial charge in [0.1, 0.15) is 11.9 Å². The van der Waals surface area contributed by atoms with Gasteiger partial charge in [-0.1, -0.05) is 62.4 Å². The van der Waals surface area contributed by atoms with E-state index in [0.717, 1.165) is 13.0 Å². The summed E-state index contributed by atoms with van der Waals surface area (Å²) in [5.74, 6) is -1.19. The fraction of sp³-hybridized carbons (Fsp3) is 0.321. The lowest BCUT2D eigenvalue weighted by Gasteiger charge is -2.25. The Morgan fingerprint density at radius 1 is 1.06 bits per heavy atom. The van der Waals surface area contributed by atoms with Crippen LogP contribution in [0.4, 0.5) is 4.39 Å². The summed E-state index contributed by atoms with van der Waals surface area (Å²) < 4.78 is 17.2. The molecule has 1 amide bonds. The SMILES string of the molecule is CC(C)c1ccc(C(NC(=O)C2CCCN2)C(=O)Cn2ccccc2=O)c(-c2ccccc2)c1F. The Morgan fingerprint density at radius 2 is 1.77 bits per heavy atom. The molecule has 0 bridgehead atoms. The Labute approximate surface area is 204 Å². The summed E-state index contributed by atoms with van der Waals surface area (Å²) in [4.78, 5) is 38.9. The van der Waals surface area contributed by atoms with Crippen molar-refractivity contribution >= 4 is 11.7 Å². The van der Waals surface area contributed by atoms with Crippen LogP contribution in [0.1, 0.15) is 49.8 Å². The van der Waals surface area contributed by atoms with Gasteiger partial charge in [0.15, 0.2) is 5.78 Å². The Kier molecular flexibility index (Phi) is 7.56. The zero-order chi connectivity index (χ0) is 24.9. The summed E-state index contributed by atoms with van der Waals surface area (Å²) in [5, 5.41) is 6.01. The van der Waals surface area contributed by atoms with E-state index < -0.39 is 23.7 Å². The van der Waals surface area contributed by atoms with Gasteiger partial charge >= 0.3 is 0 Å². The quantitative estimate of drug-likeness (QED) is 0.517. The third-order valence-electron chi connectivity index (χ3n) is 6.41. The fourth-order valence-corrected chi connectivity index (χ4v) is 4.53. The van der Waals surface area contributed by atoms with Gasteiger partial charge in [-0.2, -0.15) is 0 Å². The van der Waals surface area contributed by atoms with Crippen LogP contribution < -0.4 is 16.2 Å². The highest BCUT2D eigenvalue weighted by Gasteiger charge is 2.31. The summed E-state index contributed by atoms with van der Waals surface area (Å²) in [7, 11) is 0. The molecule has 2 N–H and O–H groups in total. The molecule has 1 fully saturated rings. The van der Waals surface area contributed by atoms with E-state index in [-0.39, 0.29) is 29.5 Å². The molecule has 0 radical (unpaired) electrons. The molecule has 35 heavy (non-hydrogen) atoms. The smallest absolute Gasteiger partial charge is 0.250 e.